The van der Waals surface area contributed by atoms with Gasteiger partial charge in [0, 0.05) is 31.2 Å². The highest BCUT2D eigenvalue weighted by Gasteiger charge is 2.32. The Bertz CT molecular complexity index is 839. The number of rotatable bonds is 7. The maximum Gasteiger partial charge on any atom is 0.239 e. The number of piperazine rings is 1. The van der Waals surface area contributed by atoms with Gasteiger partial charge in [0.15, 0.2) is 0 Å². The van der Waals surface area contributed by atoms with Gasteiger partial charge in [0.1, 0.15) is 17.4 Å². The fourth-order valence-electron chi connectivity index (χ4n) is 3.32. The molecule has 2 aromatic rings. The van der Waals surface area contributed by atoms with Gasteiger partial charge in [-0.05, 0) is 44.5 Å². The highest BCUT2D eigenvalue weighted by Crippen LogP contribution is 2.12. The summed E-state index contributed by atoms with van der Waals surface area (Å²) in [6.07, 6.45) is 1.84. The zero-order valence-electron chi connectivity index (χ0n) is 16.7. The zero-order valence-corrected chi connectivity index (χ0v) is 17.5. The van der Waals surface area contributed by atoms with Crippen molar-refractivity contribution in [1.29, 1.82) is 0 Å². The third kappa shape index (κ3) is 5.77. The van der Waals surface area contributed by atoms with Crippen LogP contribution < -0.4 is 5.32 Å². The second kappa shape index (κ2) is 9.84. The Morgan fingerprint density at radius 3 is 2.69 bits per heavy atom. The molecule has 0 saturated carbocycles. The van der Waals surface area contributed by atoms with Gasteiger partial charge in [0.2, 0.25) is 11.8 Å². The van der Waals surface area contributed by atoms with Crippen LogP contribution in [0, 0.1) is 6.92 Å². The second-order valence-electron chi connectivity index (χ2n) is 7.33. The Hall–Kier alpha value is -2.45. The number of carbonyl (C=O) groups is 2. The molecule has 156 valence electrons. The Morgan fingerprint density at radius 2 is 2.00 bits per heavy atom. The van der Waals surface area contributed by atoms with Crippen molar-refractivity contribution >= 4 is 23.4 Å². The van der Waals surface area contributed by atoms with E-state index < -0.39 is 0 Å². The molecular formula is C20H26ClN5O3. The Labute approximate surface area is 175 Å². The van der Waals surface area contributed by atoms with Crippen molar-refractivity contribution in [3.05, 3.63) is 46.2 Å². The number of halogens is 1. The van der Waals surface area contributed by atoms with Crippen LogP contribution in [0.15, 0.2) is 28.9 Å². The van der Waals surface area contributed by atoms with Gasteiger partial charge in [-0.25, -0.2) is 4.63 Å². The summed E-state index contributed by atoms with van der Waals surface area (Å²) < 4.78 is 4.65. The summed E-state index contributed by atoms with van der Waals surface area (Å²) in [7, 11) is 1.91. The monoisotopic (exact) mass is 419 g/mol. The maximum absolute atomic E-state index is 12.7. The van der Waals surface area contributed by atoms with Crippen molar-refractivity contribution in [2.45, 2.75) is 32.2 Å². The van der Waals surface area contributed by atoms with Crippen LogP contribution in [0.25, 0.3) is 0 Å². The first-order valence-corrected chi connectivity index (χ1v) is 10.1. The van der Waals surface area contributed by atoms with Crippen molar-refractivity contribution in [3.8, 4) is 0 Å². The minimum absolute atomic E-state index is 0.0552. The Morgan fingerprint density at radius 1 is 1.24 bits per heavy atom. The van der Waals surface area contributed by atoms with E-state index in [1.807, 2.05) is 36.2 Å². The van der Waals surface area contributed by atoms with Gasteiger partial charge >= 0.3 is 0 Å². The van der Waals surface area contributed by atoms with Crippen molar-refractivity contribution in [2.24, 2.45) is 0 Å². The number of hydrogen-bond donors (Lipinski definition) is 1. The summed E-state index contributed by atoms with van der Waals surface area (Å²) in [4.78, 5) is 29.0. The van der Waals surface area contributed by atoms with Crippen LogP contribution >= 0.6 is 11.6 Å². The summed E-state index contributed by atoms with van der Waals surface area (Å²) >= 11 is 5.89. The molecule has 1 aromatic carbocycles. The molecule has 2 amide bonds. The average Bonchev–Trinajstić information content (AvgIpc) is 3.11. The summed E-state index contributed by atoms with van der Waals surface area (Å²) in [5, 5.41) is 11.2. The number of hydrogen-bond acceptors (Lipinski definition) is 6. The standard InChI is InChI=1S/C20H26ClN5O3/c1-14-17(24-29-23-14)12-19(27)26-11-10-25(2)18(13-26)20(28)22-9-3-4-15-5-7-16(21)8-6-15/h5-8,18H,3-4,9-13H2,1-2H3,(H,22,28). The van der Waals surface area contributed by atoms with Crippen molar-refractivity contribution in [1.82, 2.24) is 25.4 Å². The molecule has 0 spiro atoms. The van der Waals surface area contributed by atoms with Gasteiger partial charge < -0.3 is 10.2 Å². The highest BCUT2D eigenvalue weighted by molar-refractivity contribution is 6.30. The lowest BCUT2D eigenvalue weighted by Crippen LogP contribution is -2.59. The molecule has 9 heteroatoms. The minimum Gasteiger partial charge on any atom is -0.355 e. The fraction of sp³-hybridized carbons (Fsp3) is 0.500. The van der Waals surface area contributed by atoms with Gasteiger partial charge in [-0.15, -0.1) is 0 Å². The summed E-state index contributed by atoms with van der Waals surface area (Å²) in [5.74, 6) is -0.127. The number of benzene rings is 1. The Balaban J connectivity index is 1.46. The first-order valence-electron chi connectivity index (χ1n) is 9.72. The molecule has 1 aromatic heterocycles. The molecule has 29 heavy (non-hydrogen) atoms. The van der Waals surface area contributed by atoms with E-state index in [1.165, 1.54) is 5.56 Å². The normalized spacial score (nSPS) is 17.3. The third-order valence-electron chi connectivity index (χ3n) is 5.22. The van der Waals surface area contributed by atoms with Gasteiger partial charge in [-0.2, -0.15) is 0 Å². The van der Waals surface area contributed by atoms with E-state index in [-0.39, 0.29) is 24.3 Å². The number of nitrogens with zero attached hydrogens (tertiary/aromatic N) is 4. The van der Waals surface area contributed by atoms with E-state index in [1.54, 1.807) is 11.8 Å². The van der Waals surface area contributed by atoms with E-state index in [4.69, 9.17) is 11.6 Å². The van der Waals surface area contributed by atoms with Crippen LogP contribution in [0.4, 0.5) is 0 Å². The molecule has 1 atom stereocenters. The molecule has 1 N–H and O–H groups in total. The molecule has 1 aliphatic heterocycles. The molecule has 1 unspecified atom stereocenters. The van der Waals surface area contributed by atoms with Crippen LogP contribution in [-0.4, -0.2) is 71.2 Å². The predicted molar refractivity (Wildman–Crippen MR) is 109 cm³/mol. The highest BCUT2D eigenvalue weighted by atomic mass is 35.5. The number of amides is 2. The molecule has 8 nitrogen and oxygen atoms in total. The van der Waals surface area contributed by atoms with Crippen LogP contribution in [-0.2, 0) is 22.4 Å². The van der Waals surface area contributed by atoms with Gasteiger partial charge in [0.05, 0.1) is 6.42 Å². The molecule has 1 fully saturated rings. The number of aryl methyl sites for hydroxylation is 2. The molecule has 3 rings (SSSR count). The molecular weight excluding hydrogens is 394 g/mol. The first-order chi connectivity index (χ1) is 13.9. The van der Waals surface area contributed by atoms with Crippen LogP contribution in [0.2, 0.25) is 5.02 Å². The summed E-state index contributed by atoms with van der Waals surface area (Å²) in [6.45, 7) is 3.93. The summed E-state index contributed by atoms with van der Waals surface area (Å²) in [6, 6.07) is 7.37. The number of aromatic nitrogens is 2. The minimum atomic E-state index is -0.361. The summed E-state index contributed by atoms with van der Waals surface area (Å²) in [5.41, 5.74) is 2.34. The van der Waals surface area contributed by atoms with Crippen molar-refractivity contribution in [3.63, 3.8) is 0 Å². The van der Waals surface area contributed by atoms with E-state index in [9.17, 15) is 9.59 Å². The fourth-order valence-corrected chi connectivity index (χ4v) is 3.45. The van der Waals surface area contributed by atoms with Gasteiger partial charge in [-0.3, -0.25) is 14.5 Å². The van der Waals surface area contributed by atoms with Crippen LogP contribution in [0.5, 0.6) is 0 Å². The van der Waals surface area contributed by atoms with E-state index in [0.29, 0.717) is 37.6 Å². The second-order valence-corrected chi connectivity index (χ2v) is 7.77. The van der Waals surface area contributed by atoms with Crippen molar-refractivity contribution in [2.75, 3.05) is 33.2 Å². The first kappa shape index (κ1) is 21.3. The lowest BCUT2D eigenvalue weighted by Gasteiger charge is -2.38. The third-order valence-corrected chi connectivity index (χ3v) is 5.48. The molecule has 0 aliphatic carbocycles. The molecule has 0 bridgehead atoms. The number of carbonyl (C=O) groups excluding carboxylic acids is 2. The smallest absolute Gasteiger partial charge is 0.239 e. The topological polar surface area (TPSA) is 91.6 Å². The van der Waals surface area contributed by atoms with Crippen LogP contribution in [0.3, 0.4) is 0 Å². The molecule has 0 radical (unpaired) electrons. The molecule has 1 aliphatic rings. The Kier molecular flexibility index (Phi) is 7.22. The van der Waals surface area contributed by atoms with Crippen LogP contribution in [0.1, 0.15) is 23.4 Å². The van der Waals surface area contributed by atoms with E-state index in [2.05, 4.69) is 20.3 Å². The SMILES string of the molecule is Cc1nonc1CC(=O)N1CCN(C)C(C(=O)NCCCc2ccc(Cl)cc2)C1. The molecule has 2 heterocycles. The largest absolute Gasteiger partial charge is 0.355 e. The maximum atomic E-state index is 12.7. The van der Waals surface area contributed by atoms with Crippen molar-refractivity contribution < 1.29 is 14.2 Å². The number of nitrogens with one attached hydrogen (secondary N) is 1. The van der Waals surface area contributed by atoms with Gasteiger partial charge in [-0.1, -0.05) is 34.0 Å². The van der Waals surface area contributed by atoms with E-state index in [0.717, 1.165) is 17.9 Å². The predicted octanol–water partition coefficient (Wildman–Crippen LogP) is 1.47. The van der Waals surface area contributed by atoms with E-state index >= 15 is 0 Å². The lowest BCUT2D eigenvalue weighted by molar-refractivity contribution is -0.137. The lowest BCUT2D eigenvalue weighted by atomic mass is 10.1. The zero-order chi connectivity index (χ0) is 20.8. The molecule has 1 saturated heterocycles. The van der Waals surface area contributed by atoms with Gasteiger partial charge in [0.25, 0.3) is 0 Å². The number of likely N-dealkylation sites (N-methyl/N-ethyl adjacent to an activating group) is 1. The quantitative estimate of drug-likeness (QED) is 0.683. The average molecular weight is 420 g/mol.